The Kier molecular flexibility index (Phi) is 3.59. The van der Waals surface area contributed by atoms with Crippen LogP contribution in [0.15, 0.2) is 87.8 Å². The molecule has 0 atom stereocenters. The average molecular weight is 389 g/mol. The monoisotopic (exact) mass is 389 g/mol. The molecule has 6 aromatic rings. The molecule has 0 fully saturated rings. The maximum Gasteiger partial charge on any atom is 0.144 e. The lowest BCUT2D eigenvalue weighted by Crippen LogP contribution is -1.87. The first-order valence-corrected chi connectivity index (χ1v) is 10.1. The van der Waals surface area contributed by atoms with Gasteiger partial charge in [0.05, 0.1) is 5.69 Å². The Hall–Kier alpha value is -3.85. The molecule has 0 unspecified atom stereocenters. The van der Waals surface area contributed by atoms with Crippen LogP contribution >= 0.6 is 0 Å². The number of benzene rings is 3. The lowest BCUT2D eigenvalue weighted by Gasteiger charge is -2.07. The second-order valence-corrected chi connectivity index (χ2v) is 7.71. The molecule has 3 heteroatoms. The minimum atomic E-state index is 0.837. The zero-order chi connectivity index (χ0) is 20.2. The second kappa shape index (κ2) is 6.33. The van der Waals surface area contributed by atoms with E-state index in [1.807, 2.05) is 37.4 Å². The predicted octanol–water partition coefficient (Wildman–Crippen LogP) is 7.68. The van der Waals surface area contributed by atoms with Crippen LogP contribution in [0.5, 0.6) is 0 Å². The molecule has 0 aliphatic rings. The Morgan fingerprint density at radius 2 is 1.57 bits per heavy atom. The molecule has 3 nitrogen and oxygen atoms in total. The van der Waals surface area contributed by atoms with E-state index in [2.05, 4.69) is 60.4 Å². The van der Waals surface area contributed by atoms with Crippen molar-refractivity contribution in [1.82, 2.24) is 4.98 Å². The van der Waals surface area contributed by atoms with Gasteiger partial charge in [-0.3, -0.25) is 4.98 Å². The number of rotatable bonds is 2. The molecule has 3 heterocycles. The number of aromatic nitrogens is 1. The topological polar surface area (TPSA) is 39.2 Å². The van der Waals surface area contributed by atoms with Crippen LogP contribution in [-0.2, 0) is 0 Å². The zero-order valence-electron chi connectivity index (χ0n) is 16.8. The van der Waals surface area contributed by atoms with Crippen molar-refractivity contribution in [2.45, 2.75) is 13.8 Å². The number of aryl methyl sites for hydroxylation is 2. The first kappa shape index (κ1) is 17.0. The molecule has 0 saturated heterocycles. The Labute approximate surface area is 173 Å². The Balaban J connectivity index is 1.60. The van der Waals surface area contributed by atoms with Crippen molar-refractivity contribution in [3.8, 4) is 22.6 Å². The Morgan fingerprint density at radius 3 is 2.43 bits per heavy atom. The highest BCUT2D eigenvalue weighted by molar-refractivity contribution is 6.13. The quantitative estimate of drug-likeness (QED) is 0.305. The van der Waals surface area contributed by atoms with E-state index in [0.717, 1.165) is 50.3 Å². The van der Waals surface area contributed by atoms with Crippen molar-refractivity contribution in [2.75, 3.05) is 0 Å². The molecule has 3 aromatic carbocycles. The minimum absolute atomic E-state index is 0.837. The van der Waals surface area contributed by atoms with Gasteiger partial charge in [0.15, 0.2) is 0 Å². The van der Waals surface area contributed by atoms with Gasteiger partial charge in [0.25, 0.3) is 0 Å². The molecule has 0 saturated carbocycles. The molecule has 0 N–H and O–H groups in total. The highest BCUT2D eigenvalue weighted by Gasteiger charge is 2.17. The highest BCUT2D eigenvalue weighted by Crippen LogP contribution is 2.39. The van der Waals surface area contributed by atoms with Crippen molar-refractivity contribution < 1.29 is 8.83 Å². The molecular weight excluding hydrogens is 370 g/mol. The van der Waals surface area contributed by atoms with E-state index in [1.165, 1.54) is 16.3 Å². The highest BCUT2D eigenvalue weighted by atomic mass is 16.3. The summed E-state index contributed by atoms with van der Waals surface area (Å²) in [6, 6.07) is 24.8. The van der Waals surface area contributed by atoms with Crippen LogP contribution in [0.2, 0.25) is 0 Å². The summed E-state index contributed by atoms with van der Waals surface area (Å²) in [5, 5.41) is 4.65. The molecular formula is C27H19NO2. The van der Waals surface area contributed by atoms with Crippen molar-refractivity contribution in [2.24, 2.45) is 0 Å². The Bertz CT molecular complexity index is 1540. The normalized spacial score (nSPS) is 11.7. The maximum atomic E-state index is 6.22. The zero-order valence-corrected chi connectivity index (χ0v) is 16.8. The average Bonchev–Trinajstić information content (AvgIpc) is 3.35. The fourth-order valence-electron chi connectivity index (χ4n) is 4.26. The van der Waals surface area contributed by atoms with Crippen LogP contribution in [0.3, 0.4) is 0 Å². The van der Waals surface area contributed by atoms with Gasteiger partial charge < -0.3 is 8.83 Å². The number of furan rings is 2. The first-order chi connectivity index (χ1) is 14.7. The molecule has 30 heavy (non-hydrogen) atoms. The van der Waals surface area contributed by atoms with Crippen LogP contribution in [0.1, 0.15) is 11.3 Å². The van der Waals surface area contributed by atoms with Gasteiger partial charge in [-0.1, -0.05) is 42.5 Å². The molecule has 0 aliphatic carbocycles. The summed E-state index contributed by atoms with van der Waals surface area (Å²) >= 11 is 0. The first-order valence-electron chi connectivity index (χ1n) is 10.1. The third kappa shape index (κ3) is 2.49. The van der Waals surface area contributed by atoms with Crippen LogP contribution in [0.4, 0.5) is 0 Å². The van der Waals surface area contributed by atoms with Gasteiger partial charge in [0.2, 0.25) is 0 Å². The third-order valence-corrected chi connectivity index (χ3v) is 5.91. The summed E-state index contributed by atoms with van der Waals surface area (Å²) in [6.45, 7) is 4.14. The Morgan fingerprint density at radius 1 is 0.767 bits per heavy atom. The third-order valence-electron chi connectivity index (χ3n) is 5.91. The molecule has 0 radical (unpaired) electrons. The summed E-state index contributed by atoms with van der Waals surface area (Å²) in [5.41, 5.74) is 5.82. The van der Waals surface area contributed by atoms with Crippen molar-refractivity contribution in [1.29, 1.82) is 0 Å². The second-order valence-electron chi connectivity index (χ2n) is 7.71. The van der Waals surface area contributed by atoms with Gasteiger partial charge in [-0.25, -0.2) is 0 Å². The van der Waals surface area contributed by atoms with Crippen LogP contribution in [-0.4, -0.2) is 4.98 Å². The lowest BCUT2D eigenvalue weighted by atomic mass is 9.97. The minimum Gasteiger partial charge on any atom is -0.460 e. The SMILES string of the molecule is Cc1oc2c(-c3cc(-c4cc5ccccc5o4)ccn3)cc3ccccc3c2c1C. The number of hydrogen-bond donors (Lipinski definition) is 0. The van der Waals surface area contributed by atoms with Gasteiger partial charge in [-0.05, 0) is 60.5 Å². The van der Waals surface area contributed by atoms with Crippen molar-refractivity contribution >= 4 is 32.7 Å². The van der Waals surface area contributed by atoms with E-state index < -0.39 is 0 Å². The molecule has 3 aromatic heterocycles. The fourth-order valence-corrected chi connectivity index (χ4v) is 4.26. The summed E-state index contributed by atoms with van der Waals surface area (Å²) in [4.78, 5) is 4.68. The van der Waals surface area contributed by atoms with Gasteiger partial charge in [0, 0.05) is 28.1 Å². The number of pyridine rings is 1. The number of fused-ring (bicyclic) bond motifs is 4. The fraction of sp³-hybridized carbons (Fsp3) is 0.0741. The van der Waals surface area contributed by atoms with Gasteiger partial charge in [-0.15, -0.1) is 0 Å². The molecule has 0 bridgehead atoms. The lowest BCUT2D eigenvalue weighted by molar-refractivity contribution is 0.576. The molecule has 0 spiro atoms. The van der Waals surface area contributed by atoms with Gasteiger partial charge in [-0.2, -0.15) is 0 Å². The summed E-state index contributed by atoms with van der Waals surface area (Å²) < 4.78 is 12.3. The van der Waals surface area contributed by atoms with Crippen molar-refractivity contribution in [3.63, 3.8) is 0 Å². The number of hydrogen-bond acceptors (Lipinski definition) is 3. The van der Waals surface area contributed by atoms with E-state index in [-0.39, 0.29) is 0 Å². The molecule has 0 amide bonds. The standard InChI is InChI=1S/C27H19NO2/c1-16-17(2)29-27-22(13-18-7-3-5-9-21(18)26(16)27)23-14-20(11-12-28-23)25-15-19-8-4-6-10-24(19)30-25/h3-15H,1-2H3. The molecule has 6 rings (SSSR count). The van der Waals surface area contributed by atoms with Gasteiger partial charge >= 0.3 is 0 Å². The van der Waals surface area contributed by atoms with E-state index >= 15 is 0 Å². The van der Waals surface area contributed by atoms with Crippen molar-refractivity contribution in [3.05, 3.63) is 90.3 Å². The predicted molar refractivity (Wildman–Crippen MR) is 122 cm³/mol. The summed E-state index contributed by atoms with van der Waals surface area (Å²) in [5.74, 6) is 1.78. The van der Waals surface area contributed by atoms with Crippen LogP contribution in [0.25, 0.3) is 55.3 Å². The van der Waals surface area contributed by atoms with E-state index in [9.17, 15) is 0 Å². The summed E-state index contributed by atoms with van der Waals surface area (Å²) in [7, 11) is 0. The van der Waals surface area contributed by atoms with E-state index in [4.69, 9.17) is 8.83 Å². The maximum absolute atomic E-state index is 6.22. The molecule has 0 aliphatic heterocycles. The smallest absolute Gasteiger partial charge is 0.144 e. The van der Waals surface area contributed by atoms with Crippen LogP contribution in [0, 0.1) is 13.8 Å². The largest absolute Gasteiger partial charge is 0.460 e. The number of nitrogens with zero attached hydrogens (tertiary/aromatic N) is 1. The molecule has 144 valence electrons. The van der Waals surface area contributed by atoms with E-state index in [0.29, 0.717) is 0 Å². The van der Waals surface area contributed by atoms with E-state index in [1.54, 1.807) is 0 Å². The van der Waals surface area contributed by atoms with Gasteiger partial charge in [0.1, 0.15) is 22.7 Å². The summed E-state index contributed by atoms with van der Waals surface area (Å²) in [6.07, 6.45) is 1.83. The van der Waals surface area contributed by atoms with Crippen LogP contribution < -0.4 is 0 Å². The number of para-hydroxylation sites is 1.